The third-order valence-electron chi connectivity index (χ3n) is 1.80. The molecule has 0 fully saturated rings. The van der Waals surface area contributed by atoms with Crippen molar-refractivity contribution in [3.05, 3.63) is 11.3 Å². The Balaban J connectivity index is 2.80. The van der Waals surface area contributed by atoms with E-state index in [0.717, 1.165) is 0 Å². The number of amides is 1. The maximum atomic E-state index is 11.6. The monoisotopic (exact) mass is 215 g/mol. The molecule has 0 aromatic carbocycles. The van der Waals surface area contributed by atoms with Crippen LogP contribution in [0.1, 0.15) is 20.8 Å². The molecular weight excluding hydrogens is 202 g/mol. The molecule has 5 heteroatoms. The SMILES string of the molecule is Cn1ncc(NC(=O)C(C)(C)C)c1Cl. The Labute approximate surface area is 88.2 Å². The van der Waals surface area contributed by atoms with Crippen LogP contribution in [0.25, 0.3) is 0 Å². The fourth-order valence-electron chi connectivity index (χ4n) is 0.816. The molecule has 14 heavy (non-hydrogen) atoms. The summed E-state index contributed by atoms with van der Waals surface area (Å²) in [6.45, 7) is 5.52. The van der Waals surface area contributed by atoms with Gasteiger partial charge in [-0.2, -0.15) is 5.10 Å². The van der Waals surface area contributed by atoms with Crippen molar-refractivity contribution in [2.24, 2.45) is 12.5 Å². The molecule has 0 saturated heterocycles. The van der Waals surface area contributed by atoms with Gasteiger partial charge in [-0.15, -0.1) is 0 Å². The second-order valence-corrected chi connectivity index (χ2v) is 4.53. The lowest BCUT2D eigenvalue weighted by Crippen LogP contribution is -2.27. The van der Waals surface area contributed by atoms with Crippen LogP contribution >= 0.6 is 11.6 Å². The zero-order chi connectivity index (χ0) is 10.9. The summed E-state index contributed by atoms with van der Waals surface area (Å²) in [6, 6.07) is 0. The molecule has 4 nitrogen and oxygen atoms in total. The molecule has 1 amide bonds. The third-order valence-corrected chi connectivity index (χ3v) is 2.24. The van der Waals surface area contributed by atoms with E-state index in [0.29, 0.717) is 10.8 Å². The normalized spacial score (nSPS) is 11.5. The highest BCUT2D eigenvalue weighted by molar-refractivity contribution is 6.32. The number of nitrogens with zero attached hydrogens (tertiary/aromatic N) is 2. The highest BCUT2D eigenvalue weighted by Gasteiger charge is 2.22. The number of anilines is 1. The molecule has 0 atom stereocenters. The smallest absolute Gasteiger partial charge is 0.229 e. The fraction of sp³-hybridized carbons (Fsp3) is 0.556. The van der Waals surface area contributed by atoms with E-state index in [-0.39, 0.29) is 5.91 Å². The lowest BCUT2D eigenvalue weighted by atomic mass is 9.96. The largest absolute Gasteiger partial charge is 0.322 e. The first-order valence-corrected chi connectivity index (χ1v) is 4.69. The van der Waals surface area contributed by atoms with Gasteiger partial charge in [0.25, 0.3) is 0 Å². The van der Waals surface area contributed by atoms with E-state index >= 15 is 0 Å². The molecule has 1 heterocycles. The Kier molecular flexibility index (Phi) is 2.85. The minimum absolute atomic E-state index is 0.0765. The van der Waals surface area contributed by atoms with Gasteiger partial charge in [-0.25, -0.2) is 0 Å². The predicted octanol–water partition coefficient (Wildman–Crippen LogP) is 2.06. The van der Waals surface area contributed by atoms with Gasteiger partial charge in [0.05, 0.1) is 11.9 Å². The van der Waals surface area contributed by atoms with Crippen molar-refractivity contribution in [2.75, 3.05) is 5.32 Å². The molecule has 0 spiro atoms. The van der Waals surface area contributed by atoms with Gasteiger partial charge in [0.2, 0.25) is 5.91 Å². The minimum Gasteiger partial charge on any atom is -0.322 e. The summed E-state index contributed by atoms with van der Waals surface area (Å²) >= 11 is 5.89. The lowest BCUT2D eigenvalue weighted by molar-refractivity contribution is -0.123. The molecule has 1 aromatic rings. The summed E-state index contributed by atoms with van der Waals surface area (Å²) in [5.41, 5.74) is 0.119. The van der Waals surface area contributed by atoms with E-state index in [1.165, 1.54) is 10.9 Å². The topological polar surface area (TPSA) is 46.9 Å². The number of aryl methyl sites for hydroxylation is 1. The van der Waals surface area contributed by atoms with Crippen LogP contribution in [0.3, 0.4) is 0 Å². The summed E-state index contributed by atoms with van der Waals surface area (Å²) in [6.07, 6.45) is 1.53. The average Bonchev–Trinajstić information content (AvgIpc) is 2.34. The van der Waals surface area contributed by atoms with Crippen LogP contribution < -0.4 is 5.32 Å². The average molecular weight is 216 g/mol. The van der Waals surface area contributed by atoms with E-state index in [9.17, 15) is 4.79 Å². The van der Waals surface area contributed by atoms with Crippen LogP contribution in [0, 0.1) is 5.41 Å². The zero-order valence-corrected chi connectivity index (χ0v) is 9.51. The van der Waals surface area contributed by atoms with E-state index in [4.69, 9.17) is 11.6 Å². The van der Waals surface area contributed by atoms with E-state index < -0.39 is 5.41 Å². The van der Waals surface area contributed by atoms with Crippen LogP contribution in [0.15, 0.2) is 6.20 Å². The van der Waals surface area contributed by atoms with Crippen molar-refractivity contribution in [3.63, 3.8) is 0 Å². The molecule has 0 aliphatic heterocycles. The second kappa shape index (κ2) is 3.61. The molecular formula is C9H14ClN3O. The Hall–Kier alpha value is -1.03. The summed E-state index contributed by atoms with van der Waals surface area (Å²) in [5, 5.41) is 7.07. The fourth-order valence-corrected chi connectivity index (χ4v) is 0.956. The maximum Gasteiger partial charge on any atom is 0.229 e. The van der Waals surface area contributed by atoms with Crippen LogP contribution in [0.5, 0.6) is 0 Å². The number of hydrogen-bond acceptors (Lipinski definition) is 2. The van der Waals surface area contributed by atoms with Gasteiger partial charge in [-0.1, -0.05) is 32.4 Å². The summed E-state index contributed by atoms with van der Waals surface area (Å²) in [5.74, 6) is -0.0765. The molecule has 1 rings (SSSR count). The van der Waals surface area contributed by atoms with Crippen LogP contribution in [0.2, 0.25) is 5.15 Å². The van der Waals surface area contributed by atoms with Crippen molar-refractivity contribution in [3.8, 4) is 0 Å². The van der Waals surface area contributed by atoms with Crippen molar-refractivity contribution < 1.29 is 4.79 Å². The molecule has 0 bridgehead atoms. The molecule has 1 N–H and O–H groups in total. The summed E-state index contributed by atoms with van der Waals surface area (Å²) in [4.78, 5) is 11.6. The molecule has 0 aliphatic carbocycles. The van der Waals surface area contributed by atoms with Gasteiger partial charge < -0.3 is 5.32 Å². The van der Waals surface area contributed by atoms with E-state index in [1.807, 2.05) is 20.8 Å². The Morgan fingerprint density at radius 1 is 1.57 bits per heavy atom. The van der Waals surface area contributed by atoms with Crippen LogP contribution in [-0.4, -0.2) is 15.7 Å². The maximum absolute atomic E-state index is 11.6. The Bertz CT molecular complexity index is 351. The number of carbonyl (C=O) groups is 1. The van der Waals surface area contributed by atoms with E-state index in [2.05, 4.69) is 10.4 Å². The van der Waals surface area contributed by atoms with Gasteiger partial charge in [0, 0.05) is 12.5 Å². The number of nitrogens with one attached hydrogen (secondary N) is 1. The molecule has 0 aliphatic rings. The first kappa shape index (κ1) is 11.0. The summed E-state index contributed by atoms with van der Waals surface area (Å²) in [7, 11) is 1.72. The third kappa shape index (κ3) is 2.26. The quantitative estimate of drug-likeness (QED) is 0.780. The number of rotatable bonds is 1. The highest BCUT2D eigenvalue weighted by Crippen LogP contribution is 2.23. The number of aromatic nitrogens is 2. The molecule has 1 aromatic heterocycles. The minimum atomic E-state index is -0.431. The lowest BCUT2D eigenvalue weighted by Gasteiger charge is -2.16. The molecule has 0 saturated carbocycles. The predicted molar refractivity (Wildman–Crippen MR) is 56.3 cm³/mol. The van der Waals surface area contributed by atoms with Gasteiger partial charge in [-0.05, 0) is 0 Å². The Morgan fingerprint density at radius 2 is 2.14 bits per heavy atom. The number of halogens is 1. The first-order chi connectivity index (χ1) is 6.32. The standard InChI is InChI=1S/C9H14ClN3O/c1-9(2,3)8(14)12-6-5-11-13(4)7(6)10/h5H,1-4H3,(H,12,14). The molecule has 78 valence electrons. The number of hydrogen-bond donors (Lipinski definition) is 1. The van der Waals surface area contributed by atoms with Gasteiger partial charge in [-0.3, -0.25) is 9.48 Å². The Morgan fingerprint density at radius 3 is 2.50 bits per heavy atom. The number of carbonyl (C=O) groups excluding carboxylic acids is 1. The van der Waals surface area contributed by atoms with Gasteiger partial charge in [0.1, 0.15) is 5.15 Å². The van der Waals surface area contributed by atoms with E-state index in [1.54, 1.807) is 7.05 Å². The van der Waals surface area contributed by atoms with Crippen LogP contribution in [0.4, 0.5) is 5.69 Å². The molecule has 0 unspecified atom stereocenters. The van der Waals surface area contributed by atoms with Gasteiger partial charge in [0.15, 0.2) is 0 Å². The van der Waals surface area contributed by atoms with Crippen molar-refractivity contribution in [2.45, 2.75) is 20.8 Å². The van der Waals surface area contributed by atoms with Crippen molar-refractivity contribution >= 4 is 23.2 Å². The highest BCUT2D eigenvalue weighted by atomic mass is 35.5. The zero-order valence-electron chi connectivity index (χ0n) is 8.76. The van der Waals surface area contributed by atoms with Gasteiger partial charge >= 0.3 is 0 Å². The van der Waals surface area contributed by atoms with Crippen LogP contribution in [-0.2, 0) is 11.8 Å². The second-order valence-electron chi connectivity index (χ2n) is 4.18. The first-order valence-electron chi connectivity index (χ1n) is 4.31. The summed E-state index contributed by atoms with van der Waals surface area (Å²) < 4.78 is 1.50. The van der Waals surface area contributed by atoms with Crippen molar-refractivity contribution in [1.82, 2.24) is 9.78 Å². The van der Waals surface area contributed by atoms with Crippen molar-refractivity contribution in [1.29, 1.82) is 0 Å². The molecule has 0 radical (unpaired) electrons.